The first-order valence-electron chi connectivity index (χ1n) is 20.9. The van der Waals surface area contributed by atoms with Crippen LogP contribution in [0.3, 0.4) is 0 Å². The molecule has 61 heavy (non-hydrogen) atoms. The third-order valence-electron chi connectivity index (χ3n) is 9.37. The number of aliphatic imine (C=N–C) groups is 2. The number of carboxylic acid groups (broad SMARTS) is 1. The van der Waals surface area contributed by atoms with Crippen molar-refractivity contribution in [2.24, 2.45) is 56.2 Å². The number of nitrogens with zero attached hydrogens (tertiary/aromatic N) is 2. The number of amides is 6. The molecule has 23 heteroatoms. The molecule has 0 aromatic carbocycles. The van der Waals surface area contributed by atoms with Crippen molar-refractivity contribution in [3.05, 3.63) is 0 Å². The highest BCUT2D eigenvalue weighted by Gasteiger charge is 2.33. The molecule has 0 aliphatic rings. The smallest absolute Gasteiger partial charge is 0.326 e. The van der Waals surface area contributed by atoms with Crippen molar-refractivity contribution in [3.8, 4) is 0 Å². The van der Waals surface area contributed by atoms with E-state index in [0.717, 1.165) is 0 Å². The Labute approximate surface area is 364 Å². The Morgan fingerprint density at radius 2 is 0.918 bits per heavy atom. The van der Waals surface area contributed by atoms with Crippen LogP contribution < -0.4 is 66.3 Å². The van der Waals surface area contributed by atoms with E-state index in [1.165, 1.54) is 0 Å². The number of guanidine groups is 2. The van der Waals surface area contributed by atoms with Gasteiger partial charge in [-0.15, -0.1) is 0 Å². The lowest BCUT2D eigenvalue weighted by atomic mass is 10.0. The fourth-order valence-electron chi connectivity index (χ4n) is 5.80. The van der Waals surface area contributed by atoms with Gasteiger partial charge >= 0.3 is 5.97 Å². The summed E-state index contributed by atoms with van der Waals surface area (Å²) in [4.78, 5) is 101. The van der Waals surface area contributed by atoms with E-state index in [2.05, 4.69) is 54.5 Å². The number of carbonyl (C=O) groups excluding carboxylic acids is 6. The maximum atomic E-state index is 13.9. The van der Waals surface area contributed by atoms with Crippen molar-refractivity contribution in [1.29, 1.82) is 0 Å². The van der Waals surface area contributed by atoms with E-state index in [1.54, 1.807) is 13.8 Å². The largest absolute Gasteiger partial charge is 0.480 e. The molecule has 350 valence electrons. The van der Waals surface area contributed by atoms with Crippen molar-refractivity contribution < 1.29 is 38.7 Å². The van der Waals surface area contributed by atoms with Crippen molar-refractivity contribution >= 4 is 66.0 Å². The molecule has 6 amide bonds. The quantitative estimate of drug-likeness (QED) is 0.0142. The predicted octanol–water partition coefficient (Wildman–Crippen LogP) is -2.63. The van der Waals surface area contributed by atoms with E-state index in [-0.39, 0.29) is 87.5 Å². The van der Waals surface area contributed by atoms with Crippen LogP contribution in [0.1, 0.15) is 105 Å². The third-order valence-corrected chi connectivity index (χ3v) is 9.74. The monoisotopic (exact) mass is 887 g/mol. The summed E-state index contributed by atoms with van der Waals surface area (Å²) < 4.78 is 0. The van der Waals surface area contributed by atoms with Gasteiger partial charge in [0.1, 0.15) is 36.3 Å². The molecule has 0 aliphatic heterocycles. The maximum Gasteiger partial charge on any atom is 0.326 e. The number of thiol groups is 1. The van der Waals surface area contributed by atoms with Gasteiger partial charge in [0, 0.05) is 18.8 Å². The maximum absolute atomic E-state index is 13.9. The Bertz CT molecular complexity index is 1460. The van der Waals surface area contributed by atoms with Crippen LogP contribution in [0.2, 0.25) is 0 Å². The average Bonchev–Trinajstić information content (AvgIpc) is 3.18. The molecule has 0 heterocycles. The van der Waals surface area contributed by atoms with Crippen molar-refractivity contribution in [2.45, 2.75) is 148 Å². The van der Waals surface area contributed by atoms with Crippen LogP contribution in [0.15, 0.2) is 9.98 Å². The summed E-state index contributed by atoms with van der Waals surface area (Å²) in [5.41, 5.74) is 33.5. The second-order valence-corrected chi connectivity index (χ2v) is 16.0. The van der Waals surface area contributed by atoms with Gasteiger partial charge in [-0.3, -0.25) is 38.8 Å². The number of hydrogen-bond donors (Lipinski definition) is 14. The normalized spacial score (nSPS) is 14.5. The first-order valence-corrected chi connectivity index (χ1v) is 21.5. The van der Waals surface area contributed by atoms with Gasteiger partial charge in [0.05, 0.1) is 6.04 Å². The lowest BCUT2D eigenvalue weighted by molar-refractivity contribution is -0.143. The lowest BCUT2D eigenvalue weighted by Gasteiger charge is -2.27. The molecule has 0 fully saturated rings. The number of hydrogen-bond acceptors (Lipinski definition) is 12. The molecule has 7 atom stereocenters. The van der Waals surface area contributed by atoms with E-state index >= 15 is 0 Å². The van der Waals surface area contributed by atoms with Gasteiger partial charge in [0.25, 0.3) is 0 Å². The molecule has 0 saturated carbocycles. The summed E-state index contributed by atoms with van der Waals surface area (Å²) in [6.45, 7) is 9.60. The van der Waals surface area contributed by atoms with Gasteiger partial charge in [-0.05, 0) is 76.2 Å². The molecule has 0 rings (SSSR count). The van der Waals surface area contributed by atoms with Crippen LogP contribution in [-0.4, -0.2) is 126 Å². The first kappa shape index (κ1) is 56.1. The van der Waals surface area contributed by atoms with Gasteiger partial charge in [0.2, 0.25) is 35.4 Å². The standard InChI is InChI=1S/C38H74N14O8S/c1-6-7-12-23(32(55)51-27(36(59)60)19-21(2)3)47-30(53)24(13-8-9-16-39)49-34(57)28(20-61)52-33(56)25(14-10-17-45-37(41)42)48-31(54)26(15-11-18-46-38(43)44)50-35(58)29(40)22(4)5/h21-29,61H,6-20,39-40H2,1-5H3,(H,47,53)(H,48,54)(H,49,57)(H,50,58)(H,51,55)(H,52,56)(H,59,60)(H4,41,42,45)(H4,43,44,46)/t23-,24-,25-,26-,27-,28-,29-/m0/s1. The SMILES string of the molecule is CCCC[C@H](NC(=O)[C@H](CCCCN)NC(=O)[C@H](CS)NC(=O)[C@H](CCCN=C(N)N)NC(=O)[C@H](CCCN=C(N)N)NC(=O)[C@@H](N)C(C)C)C(=O)N[C@@H](CC(C)C)C(=O)O. The van der Waals surface area contributed by atoms with Gasteiger partial charge in [-0.25, -0.2) is 4.79 Å². The van der Waals surface area contributed by atoms with Crippen molar-refractivity contribution in [1.82, 2.24) is 31.9 Å². The van der Waals surface area contributed by atoms with Crippen LogP contribution in [-0.2, 0) is 33.6 Å². The number of rotatable bonds is 32. The fourth-order valence-corrected chi connectivity index (χ4v) is 6.06. The van der Waals surface area contributed by atoms with E-state index in [9.17, 15) is 38.7 Å². The molecular weight excluding hydrogens is 813 g/mol. The second kappa shape index (κ2) is 31.0. The molecule has 0 aromatic heterocycles. The minimum absolute atomic E-state index is 0.000669. The van der Waals surface area contributed by atoms with Crippen LogP contribution in [0.4, 0.5) is 0 Å². The molecule has 0 aliphatic carbocycles. The molecular formula is C38H74N14O8S. The van der Waals surface area contributed by atoms with Crippen LogP contribution in [0, 0.1) is 11.8 Å². The molecule has 0 saturated heterocycles. The van der Waals surface area contributed by atoms with Crippen LogP contribution >= 0.6 is 12.6 Å². The minimum Gasteiger partial charge on any atom is -0.480 e. The first-order chi connectivity index (χ1) is 28.7. The molecule has 0 aromatic rings. The topological polar surface area (TPSA) is 393 Å². The van der Waals surface area contributed by atoms with E-state index < -0.39 is 83.7 Å². The Hall–Kier alpha value is -4.90. The van der Waals surface area contributed by atoms with Crippen molar-refractivity contribution in [3.63, 3.8) is 0 Å². The zero-order valence-corrected chi connectivity index (χ0v) is 37.3. The zero-order chi connectivity index (χ0) is 46.7. The Morgan fingerprint density at radius 1 is 0.557 bits per heavy atom. The lowest BCUT2D eigenvalue weighted by Crippen LogP contribution is -2.60. The van der Waals surface area contributed by atoms with Gasteiger partial charge < -0.3 is 71.4 Å². The van der Waals surface area contributed by atoms with Crippen molar-refractivity contribution in [2.75, 3.05) is 25.4 Å². The number of unbranched alkanes of at least 4 members (excludes halogenated alkanes) is 2. The summed E-state index contributed by atoms with van der Waals surface area (Å²) in [6.07, 6.45) is 3.25. The van der Waals surface area contributed by atoms with E-state index in [4.69, 9.17) is 34.4 Å². The predicted molar refractivity (Wildman–Crippen MR) is 238 cm³/mol. The van der Waals surface area contributed by atoms with Gasteiger partial charge in [-0.2, -0.15) is 12.6 Å². The molecule has 22 nitrogen and oxygen atoms in total. The van der Waals surface area contributed by atoms with Crippen LogP contribution in [0.25, 0.3) is 0 Å². The van der Waals surface area contributed by atoms with Gasteiger partial charge in [0.15, 0.2) is 11.9 Å². The third kappa shape index (κ3) is 24.2. The van der Waals surface area contributed by atoms with E-state index in [0.29, 0.717) is 32.2 Å². The highest BCUT2D eigenvalue weighted by atomic mass is 32.1. The second-order valence-electron chi connectivity index (χ2n) is 15.6. The number of nitrogens with two attached hydrogens (primary N) is 6. The van der Waals surface area contributed by atoms with E-state index in [1.807, 2.05) is 20.8 Å². The summed E-state index contributed by atoms with van der Waals surface area (Å²) in [5, 5.41) is 25.5. The summed E-state index contributed by atoms with van der Waals surface area (Å²) in [6, 6.07) is -8.11. The Kier molecular flexibility index (Phi) is 28.5. The zero-order valence-electron chi connectivity index (χ0n) is 36.4. The minimum atomic E-state index is -1.32. The van der Waals surface area contributed by atoms with Gasteiger partial charge in [-0.1, -0.05) is 47.5 Å². The summed E-state index contributed by atoms with van der Waals surface area (Å²) in [5.74, 6) is -6.30. The fraction of sp³-hybridized carbons (Fsp3) is 0.763. The summed E-state index contributed by atoms with van der Waals surface area (Å²) in [7, 11) is 0. The molecule has 0 bridgehead atoms. The highest BCUT2D eigenvalue weighted by molar-refractivity contribution is 7.80. The summed E-state index contributed by atoms with van der Waals surface area (Å²) >= 11 is 4.28. The number of carboxylic acids is 1. The number of nitrogens with one attached hydrogen (secondary N) is 6. The Morgan fingerprint density at radius 3 is 1.26 bits per heavy atom. The number of aliphatic carboxylic acids is 1. The Balaban J connectivity index is 6.40. The molecule has 0 unspecified atom stereocenters. The molecule has 0 spiro atoms. The average molecular weight is 887 g/mol. The highest BCUT2D eigenvalue weighted by Crippen LogP contribution is 2.11. The molecule has 19 N–H and O–H groups in total. The molecule has 0 radical (unpaired) electrons. The van der Waals surface area contributed by atoms with Crippen LogP contribution in [0.5, 0.6) is 0 Å². The number of carbonyl (C=O) groups is 7.